The van der Waals surface area contributed by atoms with Crippen molar-refractivity contribution in [3.8, 4) is 0 Å². The van der Waals surface area contributed by atoms with Crippen LogP contribution in [-0.4, -0.2) is 15.9 Å². The molecule has 1 heterocycles. The molecule has 4 heteroatoms. The first-order valence-corrected chi connectivity index (χ1v) is 3.92. The molecule has 12 heavy (non-hydrogen) atoms. The van der Waals surface area contributed by atoms with E-state index in [1.807, 2.05) is 6.92 Å². The molecule has 1 aromatic heterocycles. The van der Waals surface area contributed by atoms with Gasteiger partial charge in [0.25, 0.3) is 0 Å². The summed E-state index contributed by atoms with van der Waals surface area (Å²) in [5, 5.41) is 8.89. The summed E-state index contributed by atoms with van der Waals surface area (Å²) in [6.45, 7) is 4.07. The highest BCUT2D eigenvalue weighted by atomic mass is 16.3. The van der Waals surface area contributed by atoms with Crippen LogP contribution in [0.3, 0.4) is 0 Å². The number of rotatable bonds is 3. The van der Waals surface area contributed by atoms with Gasteiger partial charge in [-0.1, -0.05) is 0 Å². The van der Waals surface area contributed by atoms with Crippen molar-refractivity contribution in [3.63, 3.8) is 0 Å². The molecule has 0 amide bonds. The number of nitrogens with zero attached hydrogens (tertiary/aromatic N) is 1. The number of nitrogens with one attached hydrogen (secondary N) is 1. The molecule has 1 aromatic rings. The van der Waals surface area contributed by atoms with E-state index in [2.05, 4.69) is 4.98 Å². The molecule has 0 aliphatic carbocycles. The Labute approximate surface area is 70.9 Å². The van der Waals surface area contributed by atoms with Gasteiger partial charge in [-0.15, -0.1) is 0 Å². The van der Waals surface area contributed by atoms with Crippen molar-refractivity contribution in [2.24, 2.45) is 0 Å². The van der Waals surface area contributed by atoms with Gasteiger partial charge in [0.1, 0.15) is 12.8 Å². The third kappa shape index (κ3) is 1.38. The van der Waals surface area contributed by atoms with Crippen LogP contribution in [0.2, 0.25) is 0 Å². The number of Topliss-reactive ketones (excluding diaryl/α,β-unsaturated/α-hetero) is 1. The van der Waals surface area contributed by atoms with Crippen LogP contribution in [0, 0.1) is 0 Å². The zero-order valence-electron chi connectivity index (χ0n) is 7.29. The summed E-state index contributed by atoms with van der Waals surface area (Å²) in [5.74, 6) is 0.526. The number of aromatic nitrogens is 2. The Morgan fingerprint density at radius 3 is 2.83 bits per heavy atom. The van der Waals surface area contributed by atoms with Crippen LogP contribution >= 0.6 is 0 Å². The van der Waals surface area contributed by atoms with Crippen molar-refractivity contribution in [1.82, 2.24) is 4.98 Å². The highest BCUT2D eigenvalue weighted by Crippen LogP contribution is 1.95. The Morgan fingerprint density at radius 2 is 2.42 bits per heavy atom. The smallest absolute Gasteiger partial charge is 0.323 e. The molecule has 0 fully saturated rings. The number of aliphatic hydroxyl groups is 1. The maximum absolute atomic E-state index is 11.0. The fourth-order valence-electron chi connectivity index (χ4n) is 1.23. The fraction of sp³-hybridized carbons (Fsp3) is 0.500. The molecule has 0 saturated carbocycles. The summed E-state index contributed by atoms with van der Waals surface area (Å²) in [6, 6.07) is 0. The predicted octanol–water partition coefficient (Wildman–Crippen LogP) is 0.0170. The Balaban J connectivity index is 3.13. The number of ketones is 1. The number of aromatic amines is 1. The van der Waals surface area contributed by atoms with Gasteiger partial charge < -0.3 is 5.11 Å². The largest absolute Gasteiger partial charge is 0.388 e. The Hall–Kier alpha value is -1.16. The van der Waals surface area contributed by atoms with Gasteiger partial charge in [0.05, 0.1) is 6.54 Å². The summed E-state index contributed by atoms with van der Waals surface area (Å²) in [6.07, 6.45) is 1.65. The normalized spacial score (nSPS) is 10.2. The van der Waals surface area contributed by atoms with Crippen LogP contribution in [0.1, 0.15) is 30.2 Å². The van der Waals surface area contributed by atoms with Crippen molar-refractivity contribution in [3.05, 3.63) is 17.7 Å². The summed E-state index contributed by atoms with van der Waals surface area (Å²) in [4.78, 5) is 13.8. The molecule has 0 spiro atoms. The monoisotopic (exact) mass is 169 g/mol. The van der Waals surface area contributed by atoms with E-state index in [0.717, 1.165) is 5.69 Å². The maximum Gasteiger partial charge on any atom is 0.323 e. The highest BCUT2D eigenvalue weighted by molar-refractivity contribution is 5.88. The van der Waals surface area contributed by atoms with E-state index in [1.165, 1.54) is 6.92 Å². The van der Waals surface area contributed by atoms with E-state index >= 15 is 0 Å². The first-order valence-electron chi connectivity index (χ1n) is 3.92. The van der Waals surface area contributed by atoms with E-state index in [9.17, 15) is 4.79 Å². The number of carbonyl (C=O) groups is 1. The van der Waals surface area contributed by atoms with Crippen molar-refractivity contribution in [1.29, 1.82) is 0 Å². The Kier molecular flexibility index (Phi) is 2.60. The quantitative estimate of drug-likeness (QED) is 0.495. The molecule has 2 N–H and O–H groups in total. The van der Waals surface area contributed by atoms with Crippen LogP contribution in [0.4, 0.5) is 0 Å². The van der Waals surface area contributed by atoms with Gasteiger partial charge in [0.15, 0.2) is 5.69 Å². The summed E-state index contributed by atoms with van der Waals surface area (Å²) in [5.41, 5.74) is 0.739. The minimum absolute atomic E-state index is 0.0171. The molecule has 0 saturated heterocycles. The van der Waals surface area contributed by atoms with Crippen LogP contribution in [0.5, 0.6) is 0 Å². The Bertz CT molecular complexity index is 291. The Morgan fingerprint density at radius 1 is 1.75 bits per heavy atom. The minimum atomic E-state index is -0.0440. The summed E-state index contributed by atoms with van der Waals surface area (Å²) >= 11 is 0. The zero-order chi connectivity index (χ0) is 9.14. The zero-order valence-corrected chi connectivity index (χ0v) is 7.29. The first kappa shape index (κ1) is 8.93. The van der Waals surface area contributed by atoms with Crippen LogP contribution < -0.4 is 4.57 Å². The topological polar surface area (TPSA) is 57.0 Å². The van der Waals surface area contributed by atoms with Gasteiger partial charge in [0, 0.05) is 6.92 Å². The summed E-state index contributed by atoms with van der Waals surface area (Å²) < 4.78 is 1.77. The highest BCUT2D eigenvalue weighted by Gasteiger charge is 2.18. The SMILES string of the molecule is CC[n+]1c(CO)c[nH]c1C(C)=O. The number of carbonyl (C=O) groups excluding carboxylic acids is 1. The van der Waals surface area contributed by atoms with Crippen LogP contribution in [0.15, 0.2) is 6.20 Å². The average Bonchev–Trinajstić information content (AvgIpc) is 2.46. The van der Waals surface area contributed by atoms with E-state index in [-0.39, 0.29) is 12.4 Å². The second kappa shape index (κ2) is 3.49. The first-order chi connectivity index (χ1) is 5.70. The van der Waals surface area contributed by atoms with Crippen LogP contribution in [0.25, 0.3) is 0 Å². The van der Waals surface area contributed by atoms with Crippen molar-refractivity contribution < 1.29 is 14.5 Å². The molecule has 0 aliphatic rings. The molecule has 0 aromatic carbocycles. The van der Waals surface area contributed by atoms with Gasteiger partial charge in [0.2, 0.25) is 5.78 Å². The molecule has 0 unspecified atom stereocenters. The van der Waals surface area contributed by atoms with Gasteiger partial charge >= 0.3 is 5.82 Å². The van der Waals surface area contributed by atoms with E-state index in [1.54, 1.807) is 10.8 Å². The third-order valence-electron chi connectivity index (χ3n) is 1.80. The average molecular weight is 169 g/mol. The van der Waals surface area contributed by atoms with Crippen molar-refractivity contribution in [2.45, 2.75) is 27.0 Å². The van der Waals surface area contributed by atoms with Gasteiger partial charge in [-0.05, 0) is 6.92 Å². The third-order valence-corrected chi connectivity index (χ3v) is 1.80. The predicted molar refractivity (Wildman–Crippen MR) is 42.6 cm³/mol. The molecule has 0 radical (unpaired) electrons. The van der Waals surface area contributed by atoms with Crippen molar-refractivity contribution >= 4 is 5.78 Å². The van der Waals surface area contributed by atoms with Crippen LogP contribution in [-0.2, 0) is 13.2 Å². The standard InChI is InChI=1S/C8H12N2O2/c1-3-10-7(5-11)4-9-8(10)6(2)12/h4,11H,3,5H2,1-2H3/p+1. The molecular weight excluding hydrogens is 156 g/mol. The molecule has 66 valence electrons. The molecule has 0 aliphatic heterocycles. The molecule has 0 atom stereocenters. The number of H-pyrrole nitrogens is 1. The number of hydrogen-bond acceptors (Lipinski definition) is 2. The van der Waals surface area contributed by atoms with Crippen molar-refractivity contribution in [2.75, 3.05) is 0 Å². The number of imidazole rings is 1. The molecule has 0 bridgehead atoms. The summed E-state index contributed by atoms with van der Waals surface area (Å²) in [7, 11) is 0. The fourth-order valence-corrected chi connectivity index (χ4v) is 1.23. The molecule has 1 rings (SSSR count). The maximum atomic E-state index is 11.0. The number of aliphatic hydroxyl groups excluding tert-OH is 1. The molecule has 4 nitrogen and oxygen atoms in total. The lowest BCUT2D eigenvalue weighted by atomic mass is 10.4. The van der Waals surface area contributed by atoms with Gasteiger partial charge in [-0.25, -0.2) is 9.55 Å². The molecular formula is C8H13N2O2+. The lowest BCUT2D eigenvalue weighted by Crippen LogP contribution is -2.40. The van der Waals surface area contributed by atoms with Gasteiger partial charge in [-0.3, -0.25) is 4.79 Å². The van der Waals surface area contributed by atoms with E-state index < -0.39 is 0 Å². The number of hydrogen-bond donors (Lipinski definition) is 2. The lowest BCUT2D eigenvalue weighted by molar-refractivity contribution is -0.702. The minimum Gasteiger partial charge on any atom is -0.388 e. The van der Waals surface area contributed by atoms with E-state index in [0.29, 0.717) is 12.4 Å². The second-order valence-electron chi connectivity index (χ2n) is 2.59. The lowest BCUT2D eigenvalue weighted by Gasteiger charge is -1.95. The van der Waals surface area contributed by atoms with E-state index in [4.69, 9.17) is 5.11 Å². The van der Waals surface area contributed by atoms with Gasteiger partial charge in [-0.2, -0.15) is 0 Å². The second-order valence-corrected chi connectivity index (χ2v) is 2.59.